The molecule has 0 bridgehead atoms. The van der Waals surface area contributed by atoms with E-state index < -0.39 is 23.5 Å². The fourth-order valence-electron chi connectivity index (χ4n) is 3.19. The van der Waals surface area contributed by atoms with E-state index in [0.717, 1.165) is 28.6 Å². The van der Waals surface area contributed by atoms with Gasteiger partial charge in [0.05, 0.1) is 11.9 Å². The van der Waals surface area contributed by atoms with Crippen LogP contribution in [-0.2, 0) is 4.79 Å². The second-order valence-electron chi connectivity index (χ2n) is 7.66. The van der Waals surface area contributed by atoms with Crippen LogP contribution in [0, 0.1) is 0 Å². The summed E-state index contributed by atoms with van der Waals surface area (Å²) >= 11 is 0. The van der Waals surface area contributed by atoms with Gasteiger partial charge in [0.1, 0.15) is 5.70 Å². The molecule has 2 heterocycles. The van der Waals surface area contributed by atoms with E-state index in [2.05, 4.69) is 43.6 Å². The van der Waals surface area contributed by atoms with Crippen LogP contribution in [0.5, 0.6) is 0 Å². The molecule has 3 rings (SSSR count). The van der Waals surface area contributed by atoms with Gasteiger partial charge in [-0.1, -0.05) is 24.3 Å². The summed E-state index contributed by atoms with van der Waals surface area (Å²) in [6, 6.07) is 0. The molecule has 1 aromatic heterocycles. The van der Waals surface area contributed by atoms with Crippen LogP contribution in [0.1, 0.15) is 24.8 Å². The second-order valence-corrected chi connectivity index (χ2v) is 7.66. The maximum Gasteiger partial charge on any atom is 0.436 e. The molecule has 0 saturated heterocycles. The van der Waals surface area contributed by atoms with Crippen LogP contribution >= 0.6 is 0 Å². The lowest BCUT2D eigenvalue weighted by atomic mass is 9.93. The lowest BCUT2D eigenvalue weighted by Gasteiger charge is -2.16. The van der Waals surface area contributed by atoms with E-state index in [-0.39, 0.29) is 6.42 Å². The molecule has 0 fully saturated rings. The van der Waals surface area contributed by atoms with Crippen molar-refractivity contribution in [1.82, 2.24) is 20.2 Å². The number of alkyl halides is 3. The van der Waals surface area contributed by atoms with Crippen LogP contribution in [0.3, 0.4) is 0 Å². The van der Waals surface area contributed by atoms with Crippen molar-refractivity contribution in [3.8, 4) is 0 Å². The summed E-state index contributed by atoms with van der Waals surface area (Å²) in [7, 11) is 3.79. The van der Waals surface area contributed by atoms with Crippen molar-refractivity contribution >= 4 is 23.1 Å². The van der Waals surface area contributed by atoms with E-state index in [4.69, 9.17) is 0 Å². The van der Waals surface area contributed by atoms with Gasteiger partial charge >= 0.3 is 6.18 Å². The molecule has 2 N–H and O–H groups in total. The quantitative estimate of drug-likeness (QED) is 0.440. The highest BCUT2D eigenvalue weighted by Gasteiger charge is 2.39. The summed E-state index contributed by atoms with van der Waals surface area (Å²) in [5, 5.41) is 5.31. The minimum absolute atomic E-state index is 0.0360. The van der Waals surface area contributed by atoms with E-state index >= 15 is 0 Å². The molecular formula is C24H23F3N6O. The van der Waals surface area contributed by atoms with Gasteiger partial charge in [-0.15, -0.1) is 0 Å². The Hall–Kier alpha value is -4.13. The first kappa shape index (κ1) is 24.5. The van der Waals surface area contributed by atoms with Gasteiger partial charge in [0, 0.05) is 44.7 Å². The summed E-state index contributed by atoms with van der Waals surface area (Å²) in [5.41, 5.74) is 6.27. The van der Waals surface area contributed by atoms with Crippen molar-refractivity contribution in [3.05, 3.63) is 83.6 Å². The molecule has 0 aromatic carbocycles. The highest BCUT2D eigenvalue weighted by atomic mass is 19.4. The Labute approximate surface area is 195 Å². The number of allylic oxidation sites excluding steroid dienone is 5. The summed E-state index contributed by atoms with van der Waals surface area (Å²) in [6.45, 7) is 3.75. The lowest BCUT2D eigenvalue weighted by molar-refractivity contribution is -0.119. The molecule has 10 heteroatoms. The predicted molar refractivity (Wildman–Crippen MR) is 124 cm³/mol. The molecule has 2 aliphatic rings. The summed E-state index contributed by atoms with van der Waals surface area (Å²) < 4.78 is 39.1. The lowest BCUT2D eigenvalue weighted by Crippen LogP contribution is -2.35. The van der Waals surface area contributed by atoms with E-state index in [1.54, 1.807) is 24.5 Å². The molecule has 0 atom stereocenters. The minimum atomic E-state index is -4.70. The zero-order valence-corrected chi connectivity index (χ0v) is 18.7. The first-order valence-corrected chi connectivity index (χ1v) is 10.3. The number of halogens is 3. The summed E-state index contributed by atoms with van der Waals surface area (Å²) in [4.78, 5) is 26.1. The van der Waals surface area contributed by atoms with Crippen LogP contribution < -0.4 is 10.6 Å². The number of hydrogen-bond donors (Lipinski definition) is 2. The van der Waals surface area contributed by atoms with Crippen LogP contribution in [-0.4, -0.2) is 46.8 Å². The highest BCUT2D eigenvalue weighted by molar-refractivity contribution is 6.07. The van der Waals surface area contributed by atoms with Crippen molar-refractivity contribution in [2.75, 3.05) is 19.4 Å². The number of hydrogen-bond acceptors (Lipinski definition) is 6. The van der Waals surface area contributed by atoms with Crippen LogP contribution in [0.15, 0.2) is 83.0 Å². The van der Waals surface area contributed by atoms with Crippen molar-refractivity contribution in [1.29, 1.82) is 0 Å². The van der Waals surface area contributed by atoms with Gasteiger partial charge in [-0.3, -0.25) is 4.79 Å². The first-order chi connectivity index (χ1) is 16.2. The third-order valence-electron chi connectivity index (χ3n) is 4.74. The van der Waals surface area contributed by atoms with Crippen LogP contribution in [0.4, 0.5) is 19.1 Å². The van der Waals surface area contributed by atoms with Crippen molar-refractivity contribution in [2.45, 2.75) is 25.4 Å². The molecular weight excluding hydrogens is 445 g/mol. The highest BCUT2D eigenvalue weighted by Crippen LogP contribution is 2.28. The Morgan fingerprint density at radius 2 is 1.94 bits per heavy atom. The molecule has 1 amide bonds. The van der Waals surface area contributed by atoms with Gasteiger partial charge in [0.25, 0.3) is 0 Å². The molecule has 34 heavy (non-hydrogen) atoms. The molecule has 1 aliphatic heterocycles. The van der Waals surface area contributed by atoms with E-state index in [0.29, 0.717) is 18.8 Å². The van der Waals surface area contributed by atoms with Gasteiger partial charge in [-0.05, 0) is 36.0 Å². The molecule has 0 saturated carbocycles. The van der Waals surface area contributed by atoms with E-state index in [1.165, 1.54) is 0 Å². The normalized spacial score (nSPS) is 15.6. The number of carbonyl (C=O) groups excluding carboxylic acids is 1. The van der Waals surface area contributed by atoms with Gasteiger partial charge in [-0.25, -0.2) is 15.0 Å². The van der Waals surface area contributed by atoms with Gasteiger partial charge in [0.2, 0.25) is 11.9 Å². The number of nitrogens with zero attached hydrogens (tertiary/aromatic N) is 4. The van der Waals surface area contributed by atoms with Crippen molar-refractivity contribution in [2.24, 2.45) is 4.99 Å². The standard InChI is InChI=1S/C24H23F3N6O/c1-4-19(15-33(2)3)31-23-29-13-18(14-30-23)17-9-7-16(8-10-17)12-21(34)32-20-6-5-11-28-22(20)24(25,26)27/h4,7,9,11,13-15H,1,8,10,12H2,2-3H3,(H,32,34)(H,29,30,31)/b19-15+. The van der Waals surface area contributed by atoms with E-state index in [9.17, 15) is 18.0 Å². The van der Waals surface area contributed by atoms with Gasteiger partial charge < -0.3 is 15.5 Å². The smallest absolute Gasteiger partial charge is 0.382 e. The Morgan fingerprint density at radius 1 is 1.21 bits per heavy atom. The monoisotopic (exact) mass is 468 g/mol. The number of aromatic nitrogens is 2. The number of nitrogens with one attached hydrogen (secondary N) is 2. The number of rotatable bonds is 8. The molecule has 1 aliphatic carbocycles. The molecule has 176 valence electrons. The van der Waals surface area contributed by atoms with E-state index in [1.807, 2.05) is 31.3 Å². The Kier molecular flexibility index (Phi) is 7.68. The van der Waals surface area contributed by atoms with Crippen molar-refractivity contribution < 1.29 is 18.0 Å². The molecule has 0 spiro atoms. The van der Waals surface area contributed by atoms with Gasteiger partial charge in [-0.2, -0.15) is 13.2 Å². The largest absolute Gasteiger partial charge is 0.436 e. The Bertz CT molecular complexity index is 1190. The van der Waals surface area contributed by atoms with Gasteiger partial charge in [0.15, 0.2) is 5.71 Å². The first-order valence-electron chi connectivity index (χ1n) is 10.3. The number of amides is 1. The summed E-state index contributed by atoms with van der Waals surface area (Å²) in [6.07, 6.45) is 7.95. The number of carbonyl (C=O) groups is 1. The number of aliphatic imine (C=N–C) groups is 1. The zero-order chi connectivity index (χ0) is 24.7. The Morgan fingerprint density at radius 3 is 2.53 bits per heavy atom. The van der Waals surface area contributed by atoms with Crippen molar-refractivity contribution in [3.63, 3.8) is 0 Å². The predicted octanol–water partition coefficient (Wildman–Crippen LogP) is 4.26. The van der Waals surface area contributed by atoms with Crippen LogP contribution in [0.2, 0.25) is 0 Å². The fourth-order valence-corrected chi connectivity index (χ4v) is 3.19. The number of anilines is 1. The maximum absolute atomic E-state index is 13.0. The fraction of sp³-hybridized carbons (Fsp3) is 0.250. The topological polar surface area (TPSA) is 82.5 Å². The average Bonchev–Trinajstić information content (AvgIpc) is 2.79. The molecule has 7 nitrogen and oxygen atoms in total. The summed E-state index contributed by atoms with van der Waals surface area (Å²) in [5.74, 6) is -0.141. The molecule has 0 unspecified atom stereocenters. The average molecular weight is 468 g/mol. The third kappa shape index (κ3) is 6.68. The second kappa shape index (κ2) is 10.7. The molecule has 1 aromatic rings. The molecule has 0 radical (unpaired) electrons. The Balaban J connectivity index is 1.62. The third-order valence-corrected chi connectivity index (χ3v) is 4.74. The SMILES string of the molecule is C=C/C(=C\N(C)C)Nc1ncc(C2=CC=C(CC(=O)NC3=C=C=CN=C3C(F)(F)F)CC2)cn1. The van der Waals surface area contributed by atoms with Crippen LogP contribution in [0.25, 0.3) is 5.57 Å². The zero-order valence-electron chi connectivity index (χ0n) is 18.7. The maximum atomic E-state index is 13.0. The minimum Gasteiger partial charge on any atom is -0.382 e.